The second-order valence-electron chi connectivity index (χ2n) is 6.23. The van der Waals surface area contributed by atoms with Crippen LogP contribution in [0.25, 0.3) is 6.08 Å². The molecule has 0 fully saturated rings. The number of hydrogen-bond acceptors (Lipinski definition) is 2. The van der Waals surface area contributed by atoms with Crippen LogP contribution >= 0.6 is 0 Å². The lowest BCUT2D eigenvalue weighted by atomic mass is 9.97. The summed E-state index contributed by atoms with van der Waals surface area (Å²) in [6.07, 6.45) is 2.17. The molecule has 0 bridgehead atoms. The van der Waals surface area contributed by atoms with E-state index in [1.54, 1.807) is 24.3 Å². The molecule has 3 aromatic carbocycles. The molecule has 0 aliphatic rings. The van der Waals surface area contributed by atoms with E-state index in [0.29, 0.717) is 16.7 Å². The van der Waals surface area contributed by atoms with Gasteiger partial charge in [0.25, 0.3) is 0 Å². The van der Waals surface area contributed by atoms with Gasteiger partial charge in [-0.15, -0.1) is 5.73 Å². The van der Waals surface area contributed by atoms with Crippen LogP contribution < -0.4 is 0 Å². The van der Waals surface area contributed by atoms with Gasteiger partial charge in [0.2, 0.25) is 0 Å². The minimum absolute atomic E-state index is 0.0135. The number of benzene rings is 3. The van der Waals surface area contributed by atoms with Crippen LogP contribution in [0.1, 0.15) is 39.1 Å². The quantitative estimate of drug-likeness (QED) is 0.399. The SMILES string of the molecule is O=C(CC(=C=Cc1ccccc1)CC(=O)c1ccccc1)c1ccccc1. The first-order valence-electron chi connectivity index (χ1n) is 8.88. The summed E-state index contributed by atoms with van der Waals surface area (Å²) in [6, 6.07) is 28.0. The van der Waals surface area contributed by atoms with E-state index in [1.807, 2.05) is 72.8 Å². The highest BCUT2D eigenvalue weighted by Gasteiger charge is 2.13. The Bertz CT molecular complexity index is 909. The number of Topliss-reactive ketones (excluding diaryl/α,β-unsaturated/α-hetero) is 2. The fourth-order valence-electron chi connectivity index (χ4n) is 2.74. The summed E-state index contributed by atoms with van der Waals surface area (Å²) in [7, 11) is 0. The zero-order valence-corrected chi connectivity index (χ0v) is 15.0. The molecule has 3 rings (SSSR count). The van der Waals surface area contributed by atoms with Crippen molar-refractivity contribution in [1.29, 1.82) is 0 Å². The number of carbonyl (C=O) groups excluding carboxylic acids is 2. The van der Waals surface area contributed by atoms with Gasteiger partial charge in [-0.1, -0.05) is 91.0 Å². The van der Waals surface area contributed by atoms with Gasteiger partial charge in [-0.05, 0) is 17.2 Å². The number of allylic oxidation sites excluding steroid dienone is 1. The first-order valence-corrected chi connectivity index (χ1v) is 8.88. The lowest BCUT2D eigenvalue weighted by molar-refractivity contribution is 0.0980. The molecule has 0 heterocycles. The first-order chi connectivity index (χ1) is 13.2. The molecule has 0 aromatic heterocycles. The van der Waals surface area contributed by atoms with E-state index < -0.39 is 0 Å². The maximum absolute atomic E-state index is 12.6. The number of carbonyl (C=O) groups is 2. The van der Waals surface area contributed by atoms with Crippen molar-refractivity contribution in [2.24, 2.45) is 0 Å². The molecular weight excluding hydrogens is 332 g/mol. The molecule has 0 amide bonds. The van der Waals surface area contributed by atoms with E-state index in [9.17, 15) is 9.59 Å². The number of ketones is 2. The van der Waals surface area contributed by atoms with E-state index in [2.05, 4.69) is 5.73 Å². The maximum atomic E-state index is 12.6. The predicted molar refractivity (Wildman–Crippen MR) is 109 cm³/mol. The highest BCUT2D eigenvalue weighted by Crippen LogP contribution is 2.16. The molecule has 0 atom stereocenters. The molecule has 0 N–H and O–H groups in total. The third kappa shape index (κ3) is 5.50. The standard InChI is InChI=1S/C25H20O2/c26-24(22-12-6-2-7-13-22)18-21(17-16-20-10-4-1-5-11-20)19-25(27)23-14-8-3-9-15-23/h1-16H,18-19H2. The second-order valence-corrected chi connectivity index (χ2v) is 6.23. The van der Waals surface area contributed by atoms with Gasteiger partial charge in [0.05, 0.1) is 0 Å². The molecule has 0 radical (unpaired) electrons. The van der Waals surface area contributed by atoms with Crippen molar-refractivity contribution in [3.05, 3.63) is 119 Å². The van der Waals surface area contributed by atoms with Gasteiger partial charge >= 0.3 is 0 Å². The smallest absolute Gasteiger partial charge is 0.167 e. The predicted octanol–water partition coefficient (Wildman–Crippen LogP) is 5.77. The highest BCUT2D eigenvalue weighted by atomic mass is 16.1. The van der Waals surface area contributed by atoms with E-state index >= 15 is 0 Å². The van der Waals surface area contributed by atoms with Crippen molar-refractivity contribution in [2.45, 2.75) is 12.8 Å². The molecule has 0 saturated carbocycles. The summed E-state index contributed by atoms with van der Waals surface area (Å²) in [5, 5.41) is 0. The van der Waals surface area contributed by atoms with Gasteiger partial charge in [-0.3, -0.25) is 9.59 Å². The minimum atomic E-state index is -0.0135. The van der Waals surface area contributed by atoms with Crippen molar-refractivity contribution >= 4 is 17.6 Å². The molecule has 27 heavy (non-hydrogen) atoms. The molecule has 2 nitrogen and oxygen atoms in total. The molecule has 0 spiro atoms. The first kappa shape index (κ1) is 18.3. The Morgan fingerprint density at radius 2 is 1.04 bits per heavy atom. The summed E-state index contributed by atoms with van der Waals surface area (Å²) >= 11 is 0. The monoisotopic (exact) mass is 352 g/mol. The fourth-order valence-corrected chi connectivity index (χ4v) is 2.74. The van der Waals surface area contributed by atoms with E-state index in [-0.39, 0.29) is 24.4 Å². The third-order valence-electron chi connectivity index (χ3n) is 4.18. The van der Waals surface area contributed by atoms with Crippen molar-refractivity contribution in [3.63, 3.8) is 0 Å². The molecule has 0 aliphatic carbocycles. The normalized spacial score (nSPS) is 9.93. The molecule has 0 unspecified atom stereocenters. The van der Waals surface area contributed by atoms with Crippen LogP contribution in [0.15, 0.2) is 102 Å². The lowest BCUT2D eigenvalue weighted by Crippen LogP contribution is -2.05. The van der Waals surface area contributed by atoms with Gasteiger partial charge in [-0.25, -0.2) is 0 Å². The summed E-state index contributed by atoms with van der Waals surface area (Å²) in [5.74, 6) is -0.0270. The van der Waals surface area contributed by atoms with Crippen LogP contribution in [0.2, 0.25) is 0 Å². The van der Waals surface area contributed by atoms with Crippen LogP contribution in [0.5, 0.6) is 0 Å². The lowest BCUT2D eigenvalue weighted by Gasteiger charge is -2.05. The van der Waals surface area contributed by atoms with E-state index in [1.165, 1.54) is 0 Å². The van der Waals surface area contributed by atoms with Crippen LogP contribution in [0.4, 0.5) is 0 Å². The summed E-state index contributed by atoms with van der Waals surface area (Å²) in [6.45, 7) is 0. The molecule has 132 valence electrons. The number of hydrogen-bond donors (Lipinski definition) is 0. The molecule has 0 aliphatic heterocycles. The summed E-state index contributed by atoms with van der Waals surface area (Å²) in [5.41, 5.74) is 6.13. The number of rotatable bonds is 7. The summed E-state index contributed by atoms with van der Waals surface area (Å²) in [4.78, 5) is 25.2. The van der Waals surface area contributed by atoms with Crippen molar-refractivity contribution in [2.75, 3.05) is 0 Å². The van der Waals surface area contributed by atoms with Gasteiger partial charge in [0, 0.05) is 24.0 Å². The zero-order chi connectivity index (χ0) is 18.9. The van der Waals surface area contributed by atoms with Crippen LogP contribution in [0.3, 0.4) is 0 Å². The molecule has 2 heteroatoms. The van der Waals surface area contributed by atoms with Crippen LogP contribution in [-0.2, 0) is 0 Å². The van der Waals surface area contributed by atoms with Crippen LogP contribution in [0, 0.1) is 0 Å². The average Bonchev–Trinajstić information content (AvgIpc) is 2.74. The van der Waals surface area contributed by atoms with E-state index in [0.717, 1.165) is 5.56 Å². The molecule has 0 saturated heterocycles. The van der Waals surface area contributed by atoms with Gasteiger partial charge in [-0.2, -0.15) is 0 Å². The van der Waals surface area contributed by atoms with Gasteiger partial charge in [0.1, 0.15) is 0 Å². The van der Waals surface area contributed by atoms with Crippen molar-refractivity contribution in [3.8, 4) is 0 Å². The Morgan fingerprint density at radius 3 is 1.48 bits per heavy atom. The fraction of sp³-hybridized carbons (Fsp3) is 0.0800. The maximum Gasteiger partial charge on any atom is 0.167 e. The largest absolute Gasteiger partial charge is 0.294 e. The highest BCUT2D eigenvalue weighted by molar-refractivity contribution is 6.01. The Morgan fingerprint density at radius 1 is 0.630 bits per heavy atom. The Kier molecular flexibility index (Phi) is 6.30. The van der Waals surface area contributed by atoms with Crippen LogP contribution in [-0.4, -0.2) is 11.6 Å². The summed E-state index contributed by atoms with van der Waals surface area (Å²) < 4.78 is 0. The Labute approximate surface area is 159 Å². The van der Waals surface area contributed by atoms with Crippen molar-refractivity contribution in [1.82, 2.24) is 0 Å². The molecule has 3 aromatic rings. The van der Waals surface area contributed by atoms with Gasteiger partial charge < -0.3 is 0 Å². The second kappa shape index (κ2) is 9.28. The molecular formula is C25H20O2. The average molecular weight is 352 g/mol. The topological polar surface area (TPSA) is 34.1 Å². The third-order valence-corrected chi connectivity index (χ3v) is 4.18. The van der Waals surface area contributed by atoms with E-state index in [4.69, 9.17) is 0 Å². The van der Waals surface area contributed by atoms with Crippen molar-refractivity contribution < 1.29 is 9.59 Å². The zero-order valence-electron chi connectivity index (χ0n) is 15.0. The Balaban J connectivity index is 1.85. The Hall–Kier alpha value is -3.48. The minimum Gasteiger partial charge on any atom is -0.294 e. The van der Waals surface area contributed by atoms with Gasteiger partial charge in [0.15, 0.2) is 11.6 Å².